The molecule has 156 valence electrons. The first-order valence-corrected chi connectivity index (χ1v) is 9.98. The van der Waals surface area contributed by atoms with E-state index in [1.54, 1.807) is 30.5 Å². The fourth-order valence-corrected chi connectivity index (χ4v) is 3.19. The summed E-state index contributed by atoms with van der Waals surface area (Å²) < 4.78 is 13.0. The number of hydrazone groups is 1. The van der Waals surface area contributed by atoms with Crippen molar-refractivity contribution in [2.45, 2.75) is 20.8 Å². The molecule has 0 bridgehead atoms. The molecule has 1 amide bonds. The zero-order valence-corrected chi connectivity index (χ0v) is 17.9. The van der Waals surface area contributed by atoms with Crippen LogP contribution in [0.15, 0.2) is 59.7 Å². The number of carbonyl (C=O) groups excluding carboxylic acids is 1. The number of rotatable bonds is 8. The highest BCUT2D eigenvalue weighted by molar-refractivity contribution is 6.30. The van der Waals surface area contributed by atoms with Crippen molar-refractivity contribution in [3.05, 3.63) is 76.6 Å². The number of aryl methyl sites for hydroxylation is 1. The molecule has 0 aliphatic carbocycles. The lowest BCUT2D eigenvalue weighted by molar-refractivity contribution is -0.123. The quantitative estimate of drug-likeness (QED) is 0.421. The van der Waals surface area contributed by atoms with Gasteiger partial charge in [-0.1, -0.05) is 11.6 Å². The highest BCUT2D eigenvalue weighted by atomic mass is 35.5. The Hall–Kier alpha value is -3.25. The van der Waals surface area contributed by atoms with Crippen LogP contribution in [0, 0.1) is 13.8 Å². The number of halogens is 1. The molecule has 0 aliphatic rings. The summed E-state index contributed by atoms with van der Waals surface area (Å²) in [5.41, 5.74) is 6.52. The Morgan fingerprint density at radius 1 is 1.07 bits per heavy atom. The van der Waals surface area contributed by atoms with Crippen LogP contribution in [0.4, 0.5) is 0 Å². The minimum absolute atomic E-state index is 0.135. The molecule has 7 heteroatoms. The zero-order chi connectivity index (χ0) is 21.5. The molecule has 1 aromatic heterocycles. The van der Waals surface area contributed by atoms with Gasteiger partial charge in [-0.3, -0.25) is 4.79 Å². The number of benzene rings is 2. The molecular weight excluding hydrogens is 402 g/mol. The van der Waals surface area contributed by atoms with Crippen molar-refractivity contribution in [3.63, 3.8) is 0 Å². The second-order valence-corrected chi connectivity index (χ2v) is 7.06. The lowest BCUT2D eigenvalue weighted by Gasteiger charge is -2.11. The van der Waals surface area contributed by atoms with Crippen LogP contribution in [0.2, 0.25) is 5.02 Å². The average Bonchev–Trinajstić information content (AvgIpc) is 3.02. The van der Waals surface area contributed by atoms with Crippen molar-refractivity contribution in [2.75, 3.05) is 13.2 Å². The van der Waals surface area contributed by atoms with Gasteiger partial charge in [0, 0.05) is 27.7 Å². The van der Waals surface area contributed by atoms with Crippen molar-refractivity contribution in [2.24, 2.45) is 5.10 Å². The fourth-order valence-electron chi connectivity index (χ4n) is 3.06. The van der Waals surface area contributed by atoms with Crippen LogP contribution in [-0.2, 0) is 4.79 Å². The highest BCUT2D eigenvalue weighted by Gasteiger charge is 2.10. The molecule has 0 saturated carbocycles. The Kier molecular flexibility index (Phi) is 7.14. The molecule has 1 heterocycles. The lowest BCUT2D eigenvalue weighted by Crippen LogP contribution is -2.24. The molecule has 2 aromatic carbocycles. The zero-order valence-electron chi connectivity index (χ0n) is 17.2. The summed E-state index contributed by atoms with van der Waals surface area (Å²) in [7, 11) is 0. The second kappa shape index (κ2) is 9.98. The van der Waals surface area contributed by atoms with Crippen LogP contribution in [0.25, 0.3) is 5.69 Å². The summed E-state index contributed by atoms with van der Waals surface area (Å²) in [6, 6.07) is 16.8. The van der Waals surface area contributed by atoms with E-state index >= 15 is 0 Å². The smallest absolute Gasteiger partial charge is 0.277 e. The largest absolute Gasteiger partial charge is 0.494 e. The maximum Gasteiger partial charge on any atom is 0.277 e. The standard InChI is InChI=1S/C23H24ClN3O3/c1-4-29-21-11-7-20(8-12-21)27-16(2)13-18(17(27)3)14-25-26-23(28)15-30-22-9-5-19(24)6-10-22/h5-14H,4,15H2,1-3H3,(H,26,28)/b25-14-. The van der Waals surface area contributed by atoms with Gasteiger partial charge in [0.1, 0.15) is 11.5 Å². The Morgan fingerprint density at radius 3 is 2.37 bits per heavy atom. The maximum atomic E-state index is 11.9. The predicted octanol–water partition coefficient (Wildman–Crippen LogP) is 4.68. The number of nitrogens with one attached hydrogen (secondary N) is 1. The summed E-state index contributed by atoms with van der Waals surface area (Å²) in [6.07, 6.45) is 1.63. The van der Waals surface area contributed by atoms with E-state index in [0.29, 0.717) is 17.4 Å². The van der Waals surface area contributed by atoms with Gasteiger partial charge in [0.2, 0.25) is 0 Å². The SMILES string of the molecule is CCOc1ccc(-n2c(C)cc(/C=N\NC(=O)COc3ccc(Cl)cc3)c2C)cc1. The molecule has 3 rings (SSSR count). The minimum Gasteiger partial charge on any atom is -0.494 e. The molecule has 3 aromatic rings. The number of hydrogen-bond acceptors (Lipinski definition) is 4. The Bertz CT molecular complexity index is 1030. The first-order chi connectivity index (χ1) is 14.5. The third kappa shape index (κ3) is 5.42. The van der Waals surface area contributed by atoms with Gasteiger partial charge in [0.15, 0.2) is 6.61 Å². The first-order valence-electron chi connectivity index (χ1n) is 9.60. The van der Waals surface area contributed by atoms with E-state index in [4.69, 9.17) is 21.1 Å². The summed E-state index contributed by atoms with van der Waals surface area (Å²) >= 11 is 5.82. The van der Waals surface area contributed by atoms with Crippen LogP contribution >= 0.6 is 11.6 Å². The Labute approximate surface area is 181 Å². The van der Waals surface area contributed by atoms with Gasteiger partial charge >= 0.3 is 0 Å². The van der Waals surface area contributed by atoms with Gasteiger partial charge in [-0.15, -0.1) is 0 Å². The predicted molar refractivity (Wildman–Crippen MR) is 119 cm³/mol. The highest BCUT2D eigenvalue weighted by Crippen LogP contribution is 2.22. The van der Waals surface area contributed by atoms with Crippen LogP contribution in [0.5, 0.6) is 11.5 Å². The van der Waals surface area contributed by atoms with Crippen molar-refractivity contribution in [1.82, 2.24) is 9.99 Å². The Balaban J connectivity index is 1.61. The monoisotopic (exact) mass is 425 g/mol. The molecule has 0 saturated heterocycles. The van der Waals surface area contributed by atoms with E-state index < -0.39 is 0 Å². The maximum absolute atomic E-state index is 11.9. The molecule has 0 unspecified atom stereocenters. The summed E-state index contributed by atoms with van der Waals surface area (Å²) in [6.45, 7) is 6.50. The molecule has 6 nitrogen and oxygen atoms in total. The summed E-state index contributed by atoms with van der Waals surface area (Å²) in [4.78, 5) is 11.9. The van der Waals surface area contributed by atoms with Crippen molar-refractivity contribution in [3.8, 4) is 17.2 Å². The van der Waals surface area contributed by atoms with E-state index in [2.05, 4.69) is 15.1 Å². The van der Waals surface area contributed by atoms with E-state index in [9.17, 15) is 4.79 Å². The minimum atomic E-state index is -0.346. The first kappa shape index (κ1) is 21.5. The summed E-state index contributed by atoms with van der Waals surface area (Å²) in [5.74, 6) is 1.06. The molecular formula is C23H24ClN3O3. The van der Waals surface area contributed by atoms with Crippen molar-refractivity contribution < 1.29 is 14.3 Å². The normalized spacial score (nSPS) is 10.9. The second-order valence-electron chi connectivity index (χ2n) is 6.62. The van der Waals surface area contributed by atoms with E-state index in [1.165, 1.54) is 0 Å². The summed E-state index contributed by atoms with van der Waals surface area (Å²) in [5, 5.41) is 4.67. The van der Waals surface area contributed by atoms with Gasteiger partial charge in [-0.25, -0.2) is 5.43 Å². The number of amides is 1. The molecule has 1 N–H and O–H groups in total. The molecule has 0 aliphatic heterocycles. The van der Waals surface area contributed by atoms with Crippen molar-refractivity contribution in [1.29, 1.82) is 0 Å². The molecule has 30 heavy (non-hydrogen) atoms. The van der Waals surface area contributed by atoms with Crippen LogP contribution in [0.1, 0.15) is 23.9 Å². The lowest BCUT2D eigenvalue weighted by atomic mass is 10.2. The molecule has 0 radical (unpaired) electrons. The van der Waals surface area contributed by atoms with Gasteiger partial charge in [-0.05, 0) is 75.4 Å². The van der Waals surface area contributed by atoms with Crippen LogP contribution in [0.3, 0.4) is 0 Å². The number of aromatic nitrogens is 1. The van der Waals surface area contributed by atoms with Crippen LogP contribution in [-0.4, -0.2) is 29.9 Å². The van der Waals surface area contributed by atoms with Crippen LogP contribution < -0.4 is 14.9 Å². The molecule has 0 atom stereocenters. The number of ether oxygens (including phenoxy) is 2. The van der Waals surface area contributed by atoms with Crippen molar-refractivity contribution >= 4 is 23.7 Å². The number of hydrogen-bond donors (Lipinski definition) is 1. The van der Waals surface area contributed by atoms with E-state index in [1.807, 2.05) is 51.1 Å². The van der Waals surface area contributed by atoms with Gasteiger partial charge in [0.05, 0.1) is 12.8 Å². The van der Waals surface area contributed by atoms with Gasteiger partial charge < -0.3 is 14.0 Å². The van der Waals surface area contributed by atoms with Gasteiger partial charge in [-0.2, -0.15) is 5.10 Å². The topological polar surface area (TPSA) is 64.8 Å². The average molecular weight is 426 g/mol. The number of nitrogens with zero attached hydrogens (tertiary/aromatic N) is 2. The molecule has 0 spiro atoms. The Morgan fingerprint density at radius 2 is 1.70 bits per heavy atom. The van der Waals surface area contributed by atoms with E-state index in [0.717, 1.165) is 28.4 Å². The number of carbonyl (C=O) groups is 1. The van der Waals surface area contributed by atoms with E-state index in [-0.39, 0.29) is 12.5 Å². The molecule has 0 fully saturated rings. The van der Waals surface area contributed by atoms with Gasteiger partial charge in [0.25, 0.3) is 5.91 Å². The third-order valence-corrected chi connectivity index (χ3v) is 4.70. The fraction of sp³-hybridized carbons (Fsp3) is 0.217. The third-order valence-electron chi connectivity index (χ3n) is 4.45.